The van der Waals surface area contributed by atoms with Gasteiger partial charge in [-0.05, 0) is 48.0 Å². The average molecular weight is 644 g/mol. The minimum atomic E-state index is -4.03. The predicted molar refractivity (Wildman–Crippen MR) is 159 cm³/mol. The van der Waals surface area contributed by atoms with Crippen LogP contribution in [0.1, 0.15) is 91.1 Å². The Bertz CT molecular complexity index is 1240. The zero-order valence-corrected chi connectivity index (χ0v) is 27.6. The van der Waals surface area contributed by atoms with E-state index in [4.69, 9.17) is 28.1 Å². The maximum Gasteiger partial charge on any atom is 0.361 e. The summed E-state index contributed by atoms with van der Waals surface area (Å²) in [4.78, 5) is 54.5. The highest BCUT2D eigenvalue weighted by molar-refractivity contribution is 7.53. The van der Waals surface area contributed by atoms with Crippen molar-refractivity contribution in [2.75, 3.05) is 33.1 Å². The van der Waals surface area contributed by atoms with E-state index in [1.165, 1.54) is 19.1 Å². The molecule has 0 radical (unpaired) electrons. The molecule has 44 heavy (non-hydrogen) atoms. The number of esters is 2. The fraction of sp³-hybridized carbons (Fsp3) is 0.714. The second-order valence-corrected chi connectivity index (χ2v) is 14.0. The van der Waals surface area contributed by atoms with Crippen molar-refractivity contribution in [3.63, 3.8) is 0 Å². The molecule has 0 bridgehead atoms. The molecule has 2 aromatic rings. The highest BCUT2D eigenvalue weighted by Crippen LogP contribution is 2.48. The van der Waals surface area contributed by atoms with Gasteiger partial charge in [-0.3, -0.25) is 32.8 Å². The van der Waals surface area contributed by atoms with Gasteiger partial charge in [0.05, 0.1) is 30.4 Å². The molecule has 2 rings (SSSR count). The molecule has 248 valence electrons. The molecule has 16 heteroatoms. The fourth-order valence-corrected chi connectivity index (χ4v) is 4.36. The predicted octanol–water partition coefficient (Wildman–Crippen LogP) is 4.75. The van der Waals surface area contributed by atoms with Gasteiger partial charge in [0.15, 0.2) is 11.3 Å². The topological polar surface area (TPSA) is 179 Å². The molecule has 0 aliphatic carbocycles. The molecule has 1 N–H and O–H groups in total. The van der Waals surface area contributed by atoms with Gasteiger partial charge in [-0.2, -0.15) is 0 Å². The van der Waals surface area contributed by atoms with E-state index >= 15 is 0 Å². The van der Waals surface area contributed by atoms with E-state index in [1.54, 1.807) is 46.1 Å². The number of aromatic nitrogens is 4. The first-order valence-corrected chi connectivity index (χ1v) is 16.3. The van der Waals surface area contributed by atoms with Gasteiger partial charge in [0.2, 0.25) is 13.6 Å². The number of carbonyl (C=O) groups excluding carboxylic acids is 3. The summed E-state index contributed by atoms with van der Waals surface area (Å²) in [5.74, 6) is -1.68. The van der Waals surface area contributed by atoms with Crippen molar-refractivity contribution in [1.29, 1.82) is 0 Å². The Morgan fingerprint density at radius 3 is 2.07 bits per heavy atom. The molecule has 0 aliphatic rings. The first-order valence-electron chi connectivity index (χ1n) is 14.6. The molecule has 0 spiro atoms. The number of hydrogen-bond acceptors (Lipinski definition) is 13. The van der Waals surface area contributed by atoms with Crippen LogP contribution in [0.4, 0.5) is 0 Å². The third-order valence-electron chi connectivity index (χ3n) is 5.96. The lowest BCUT2D eigenvalue weighted by Crippen LogP contribution is -2.25. The number of nitrogens with one attached hydrogen (secondary N) is 1. The lowest BCUT2D eigenvalue weighted by molar-refractivity contribution is -0.162. The van der Waals surface area contributed by atoms with Crippen LogP contribution in [0.2, 0.25) is 0 Å². The van der Waals surface area contributed by atoms with Crippen LogP contribution in [0.3, 0.4) is 0 Å². The van der Waals surface area contributed by atoms with E-state index in [0.29, 0.717) is 12.3 Å². The summed E-state index contributed by atoms with van der Waals surface area (Å²) in [7, 11) is -4.03. The third kappa shape index (κ3) is 12.6. The molecule has 2 heterocycles. The maximum atomic E-state index is 13.3. The molecule has 0 aromatic carbocycles. The number of nitrogens with zero attached hydrogens (tertiary/aromatic N) is 4. The van der Waals surface area contributed by atoms with Crippen LogP contribution in [-0.2, 0) is 48.8 Å². The molecular formula is C28H46N5O10P. The minimum absolute atomic E-state index is 0.0123. The van der Waals surface area contributed by atoms with Crippen molar-refractivity contribution in [1.82, 2.24) is 25.0 Å². The van der Waals surface area contributed by atoms with E-state index in [9.17, 15) is 18.9 Å². The van der Waals surface area contributed by atoms with Gasteiger partial charge in [0.1, 0.15) is 18.2 Å². The van der Waals surface area contributed by atoms with Gasteiger partial charge in [0.25, 0.3) is 5.91 Å². The van der Waals surface area contributed by atoms with Crippen LogP contribution < -0.4 is 5.48 Å². The molecule has 1 amide bonds. The number of amides is 1. The van der Waals surface area contributed by atoms with Crippen molar-refractivity contribution in [3.8, 4) is 0 Å². The van der Waals surface area contributed by atoms with E-state index in [0.717, 1.165) is 25.7 Å². The second kappa shape index (κ2) is 17.5. The summed E-state index contributed by atoms with van der Waals surface area (Å²) in [6, 6.07) is 0. The number of rotatable bonds is 19. The Labute approximate surface area is 258 Å². The number of imidazole rings is 1. The monoisotopic (exact) mass is 643 g/mol. The second-order valence-electron chi connectivity index (χ2n) is 12.0. The van der Waals surface area contributed by atoms with Crippen LogP contribution in [0.25, 0.3) is 11.2 Å². The fourth-order valence-electron chi connectivity index (χ4n) is 3.36. The first kappa shape index (κ1) is 37.2. The Kier molecular flexibility index (Phi) is 14.8. The summed E-state index contributed by atoms with van der Waals surface area (Å²) < 4.78 is 41.1. The van der Waals surface area contributed by atoms with Crippen LogP contribution in [0, 0.1) is 10.8 Å². The molecule has 0 fully saturated rings. The average Bonchev–Trinajstić information content (AvgIpc) is 3.37. The number of unbranched alkanes of at least 4 members (excludes halogenated alkanes) is 4. The van der Waals surface area contributed by atoms with Crippen molar-refractivity contribution in [2.45, 2.75) is 87.1 Å². The first-order chi connectivity index (χ1) is 20.7. The lowest BCUT2D eigenvalue weighted by Gasteiger charge is -2.22. The van der Waals surface area contributed by atoms with E-state index in [1.807, 2.05) is 0 Å². The van der Waals surface area contributed by atoms with E-state index < -0.39 is 56.2 Å². The Morgan fingerprint density at radius 2 is 1.48 bits per heavy atom. The lowest BCUT2D eigenvalue weighted by atomic mass is 9.98. The number of ether oxygens (including phenoxy) is 3. The quantitative estimate of drug-likeness (QED) is 0.0729. The number of hydrogen-bond donors (Lipinski definition) is 1. The molecule has 0 unspecified atom stereocenters. The smallest absolute Gasteiger partial charge is 0.361 e. The molecule has 15 nitrogen and oxygen atoms in total. The van der Waals surface area contributed by atoms with Crippen molar-refractivity contribution in [3.05, 3.63) is 18.3 Å². The number of hydroxylamine groups is 1. The third-order valence-corrected chi connectivity index (χ3v) is 7.46. The Balaban J connectivity index is 1.94. The van der Waals surface area contributed by atoms with Gasteiger partial charge in [-0.25, -0.2) is 20.4 Å². The standard InChI is InChI=1S/C28H46N5O10P/c1-8-9-10-11-12-14-41-32-24(34)22-21-23(30-16-29-22)33(17-31-21)13-15-38-20-44(37,42-18-39-25(35)27(2,3)4)43-19-40-26(36)28(5,6)7/h16-17H,8-15,18-20H2,1-7H3,(H,32,34). The van der Waals surface area contributed by atoms with Crippen molar-refractivity contribution < 1.29 is 47.0 Å². The Hall–Kier alpha value is -2.97. The van der Waals surface area contributed by atoms with Crippen molar-refractivity contribution >= 4 is 36.6 Å². The SMILES string of the molecule is CCCCCCCONC(=O)c1ncnc2c1ncn2CCOCP(=O)(OCOC(=O)C(C)(C)C)OCOC(=O)C(C)(C)C. The Morgan fingerprint density at radius 1 is 0.864 bits per heavy atom. The highest BCUT2D eigenvalue weighted by atomic mass is 31.2. The zero-order chi connectivity index (χ0) is 32.8. The molecular weight excluding hydrogens is 597 g/mol. The van der Waals surface area contributed by atoms with Gasteiger partial charge in [0, 0.05) is 6.54 Å². The largest absolute Gasteiger partial charge is 0.438 e. The molecule has 0 atom stereocenters. The summed E-state index contributed by atoms with van der Waals surface area (Å²) in [5, 5.41) is 0. The summed E-state index contributed by atoms with van der Waals surface area (Å²) in [5.41, 5.74) is 1.51. The molecule has 0 aliphatic heterocycles. The molecule has 0 saturated carbocycles. The summed E-state index contributed by atoms with van der Waals surface area (Å²) in [6.07, 6.45) is 7.49. The van der Waals surface area contributed by atoms with Crippen LogP contribution in [0.5, 0.6) is 0 Å². The van der Waals surface area contributed by atoms with Gasteiger partial charge < -0.3 is 18.8 Å². The van der Waals surface area contributed by atoms with Gasteiger partial charge >= 0.3 is 19.5 Å². The highest BCUT2D eigenvalue weighted by Gasteiger charge is 2.30. The maximum absolute atomic E-state index is 13.3. The van der Waals surface area contributed by atoms with Crippen LogP contribution in [0.15, 0.2) is 12.7 Å². The minimum Gasteiger partial charge on any atom is -0.438 e. The van der Waals surface area contributed by atoms with Crippen LogP contribution in [-0.4, -0.2) is 70.5 Å². The summed E-state index contributed by atoms with van der Waals surface area (Å²) >= 11 is 0. The normalized spacial score (nSPS) is 12.3. The van der Waals surface area contributed by atoms with Crippen LogP contribution >= 0.6 is 7.60 Å². The number of fused-ring (bicyclic) bond motifs is 1. The van der Waals surface area contributed by atoms with Gasteiger partial charge in [-0.1, -0.05) is 32.6 Å². The molecule has 0 saturated heterocycles. The summed E-state index contributed by atoms with van der Waals surface area (Å²) in [6.45, 7) is 11.4. The van der Waals surface area contributed by atoms with Crippen molar-refractivity contribution in [2.24, 2.45) is 10.8 Å². The zero-order valence-electron chi connectivity index (χ0n) is 26.8. The number of carbonyl (C=O) groups is 3. The van der Waals surface area contributed by atoms with Gasteiger partial charge in [-0.15, -0.1) is 0 Å². The van der Waals surface area contributed by atoms with E-state index in [2.05, 4.69) is 27.4 Å². The molecule has 2 aromatic heterocycles. The van der Waals surface area contributed by atoms with E-state index in [-0.39, 0.29) is 24.4 Å².